The standard InChI is InChI=1S/C17H15NO2S/c1-10-4-5-13(8-12(10)3)16-18-14(17(19)20-16)9-15-11(2)6-7-21-15/h4-9H,1-3H3/b14-9-. The normalized spacial score (nSPS) is 16.2. The zero-order valence-corrected chi connectivity index (χ0v) is 13.0. The van der Waals surface area contributed by atoms with Crippen LogP contribution in [0.4, 0.5) is 0 Å². The number of carbonyl (C=O) groups is 1. The van der Waals surface area contributed by atoms with Crippen LogP contribution in [0, 0.1) is 20.8 Å². The van der Waals surface area contributed by atoms with E-state index >= 15 is 0 Å². The number of carbonyl (C=O) groups excluding carboxylic acids is 1. The topological polar surface area (TPSA) is 38.7 Å². The summed E-state index contributed by atoms with van der Waals surface area (Å²) < 4.78 is 5.29. The molecule has 0 atom stereocenters. The number of esters is 1. The van der Waals surface area contributed by atoms with Gasteiger partial charge in [0.1, 0.15) is 0 Å². The third-order valence-corrected chi connectivity index (χ3v) is 4.51. The van der Waals surface area contributed by atoms with Crippen molar-refractivity contribution in [1.29, 1.82) is 0 Å². The Morgan fingerprint density at radius 2 is 1.90 bits per heavy atom. The van der Waals surface area contributed by atoms with Gasteiger partial charge in [-0.25, -0.2) is 9.79 Å². The lowest BCUT2D eigenvalue weighted by molar-refractivity contribution is -0.129. The quantitative estimate of drug-likeness (QED) is 0.620. The summed E-state index contributed by atoms with van der Waals surface area (Å²) in [5.74, 6) is -0.0143. The summed E-state index contributed by atoms with van der Waals surface area (Å²) in [7, 11) is 0. The minimum absolute atomic E-state index is 0.355. The number of nitrogens with zero attached hydrogens (tertiary/aromatic N) is 1. The van der Waals surface area contributed by atoms with Crippen LogP contribution in [0.2, 0.25) is 0 Å². The molecule has 0 N–H and O–H groups in total. The van der Waals surface area contributed by atoms with Crippen LogP contribution in [-0.4, -0.2) is 11.9 Å². The van der Waals surface area contributed by atoms with Crippen LogP contribution < -0.4 is 0 Å². The second kappa shape index (κ2) is 5.30. The van der Waals surface area contributed by atoms with Gasteiger partial charge in [0, 0.05) is 10.4 Å². The molecule has 0 bridgehead atoms. The van der Waals surface area contributed by atoms with Crippen molar-refractivity contribution in [2.45, 2.75) is 20.8 Å². The largest absolute Gasteiger partial charge is 0.402 e. The van der Waals surface area contributed by atoms with Gasteiger partial charge in [-0.3, -0.25) is 0 Å². The zero-order chi connectivity index (χ0) is 15.0. The first-order valence-corrected chi connectivity index (χ1v) is 7.57. The highest BCUT2D eigenvalue weighted by Crippen LogP contribution is 2.24. The van der Waals surface area contributed by atoms with Crippen molar-refractivity contribution in [3.63, 3.8) is 0 Å². The van der Waals surface area contributed by atoms with Crippen molar-refractivity contribution < 1.29 is 9.53 Å². The first-order valence-electron chi connectivity index (χ1n) is 6.69. The Morgan fingerprint density at radius 3 is 2.57 bits per heavy atom. The minimum Gasteiger partial charge on any atom is -0.402 e. The second-order valence-corrected chi connectivity index (χ2v) is 6.05. The molecule has 0 unspecified atom stereocenters. The molecular formula is C17H15NO2S. The van der Waals surface area contributed by atoms with Crippen LogP contribution in [0.15, 0.2) is 40.3 Å². The van der Waals surface area contributed by atoms with Gasteiger partial charge in [0.2, 0.25) is 5.90 Å². The number of hydrogen-bond donors (Lipinski definition) is 0. The molecule has 1 aliphatic rings. The van der Waals surface area contributed by atoms with Crippen LogP contribution in [0.3, 0.4) is 0 Å². The number of cyclic esters (lactones) is 1. The van der Waals surface area contributed by atoms with Gasteiger partial charge in [0.05, 0.1) is 0 Å². The maximum atomic E-state index is 11.9. The van der Waals surface area contributed by atoms with E-state index in [-0.39, 0.29) is 0 Å². The first-order chi connectivity index (χ1) is 10.0. The van der Waals surface area contributed by atoms with Crippen molar-refractivity contribution in [3.05, 3.63) is 62.5 Å². The number of thiophene rings is 1. The molecule has 2 aromatic rings. The van der Waals surface area contributed by atoms with Crippen molar-refractivity contribution in [1.82, 2.24) is 0 Å². The summed E-state index contributed by atoms with van der Waals surface area (Å²) in [6, 6.07) is 7.94. The van der Waals surface area contributed by atoms with Gasteiger partial charge in [0.25, 0.3) is 0 Å². The van der Waals surface area contributed by atoms with Gasteiger partial charge in [-0.1, -0.05) is 6.07 Å². The van der Waals surface area contributed by atoms with Crippen LogP contribution in [-0.2, 0) is 9.53 Å². The number of benzene rings is 1. The Morgan fingerprint density at radius 1 is 1.10 bits per heavy atom. The smallest absolute Gasteiger partial charge is 0.363 e. The SMILES string of the molecule is Cc1ccc(C2=N/C(=C\c3sccc3C)C(=O)O2)cc1C. The van der Waals surface area contributed by atoms with E-state index in [1.807, 2.05) is 50.4 Å². The number of rotatable bonds is 2. The molecule has 0 amide bonds. The van der Waals surface area contributed by atoms with Crippen LogP contribution in [0.5, 0.6) is 0 Å². The number of hydrogen-bond acceptors (Lipinski definition) is 4. The molecule has 4 heteroatoms. The molecule has 106 valence electrons. The van der Waals surface area contributed by atoms with Crippen molar-refractivity contribution >= 4 is 29.3 Å². The summed E-state index contributed by atoms with van der Waals surface area (Å²) in [4.78, 5) is 17.3. The highest BCUT2D eigenvalue weighted by atomic mass is 32.1. The molecule has 0 fully saturated rings. The second-order valence-electron chi connectivity index (χ2n) is 5.10. The highest BCUT2D eigenvalue weighted by molar-refractivity contribution is 7.11. The van der Waals surface area contributed by atoms with Crippen LogP contribution >= 0.6 is 11.3 Å². The van der Waals surface area contributed by atoms with E-state index in [4.69, 9.17) is 4.74 Å². The lowest BCUT2D eigenvalue weighted by Gasteiger charge is -2.03. The van der Waals surface area contributed by atoms with Crippen LogP contribution in [0.25, 0.3) is 6.08 Å². The number of ether oxygens (including phenoxy) is 1. The third-order valence-electron chi connectivity index (χ3n) is 3.54. The maximum Gasteiger partial charge on any atom is 0.363 e. The van der Waals surface area contributed by atoms with Crippen molar-refractivity contribution in [2.24, 2.45) is 4.99 Å². The molecule has 0 saturated carbocycles. The van der Waals surface area contributed by atoms with Crippen LogP contribution in [0.1, 0.15) is 27.1 Å². The van der Waals surface area contributed by atoms with Crippen molar-refractivity contribution in [3.8, 4) is 0 Å². The molecule has 3 nitrogen and oxygen atoms in total. The summed E-state index contributed by atoms with van der Waals surface area (Å²) in [5.41, 5.74) is 4.67. The lowest BCUT2D eigenvalue weighted by atomic mass is 10.1. The average molecular weight is 297 g/mol. The molecule has 0 saturated heterocycles. The van der Waals surface area contributed by atoms with Gasteiger partial charge in [-0.15, -0.1) is 11.3 Å². The van der Waals surface area contributed by atoms with Gasteiger partial charge in [-0.05, 0) is 67.1 Å². The fourth-order valence-electron chi connectivity index (χ4n) is 2.06. The molecule has 21 heavy (non-hydrogen) atoms. The molecule has 0 radical (unpaired) electrons. The summed E-state index contributed by atoms with van der Waals surface area (Å²) in [5, 5.41) is 2.00. The predicted octanol–water partition coefficient (Wildman–Crippen LogP) is 4.02. The van der Waals surface area contributed by atoms with Gasteiger partial charge < -0.3 is 4.74 Å². The Kier molecular flexibility index (Phi) is 3.47. The van der Waals surface area contributed by atoms with Gasteiger partial charge >= 0.3 is 5.97 Å². The van der Waals surface area contributed by atoms with Crippen molar-refractivity contribution in [2.75, 3.05) is 0 Å². The summed E-state index contributed by atoms with van der Waals surface area (Å²) in [6.07, 6.45) is 1.79. The number of aryl methyl sites for hydroxylation is 3. The van der Waals surface area contributed by atoms with E-state index in [1.165, 1.54) is 5.56 Å². The zero-order valence-electron chi connectivity index (χ0n) is 12.1. The van der Waals surface area contributed by atoms with E-state index in [0.29, 0.717) is 11.6 Å². The Bertz CT molecular complexity index is 784. The van der Waals surface area contributed by atoms with Gasteiger partial charge in [0.15, 0.2) is 5.70 Å². The molecule has 2 heterocycles. The molecule has 0 spiro atoms. The number of aliphatic imine (C=N–C) groups is 1. The van der Waals surface area contributed by atoms with E-state index in [1.54, 1.807) is 17.4 Å². The maximum absolute atomic E-state index is 11.9. The molecule has 0 aliphatic carbocycles. The monoisotopic (exact) mass is 297 g/mol. The van der Waals surface area contributed by atoms with E-state index < -0.39 is 5.97 Å². The fraction of sp³-hybridized carbons (Fsp3) is 0.176. The third kappa shape index (κ3) is 2.67. The summed E-state index contributed by atoms with van der Waals surface area (Å²) >= 11 is 1.59. The average Bonchev–Trinajstić information content (AvgIpc) is 3.01. The molecule has 1 aromatic carbocycles. The Labute approximate surface area is 127 Å². The van der Waals surface area contributed by atoms with Gasteiger partial charge in [-0.2, -0.15) is 0 Å². The Balaban J connectivity index is 1.97. The Hall–Kier alpha value is -2.20. The summed E-state index contributed by atoms with van der Waals surface area (Å²) in [6.45, 7) is 6.09. The van der Waals surface area contributed by atoms with E-state index in [2.05, 4.69) is 4.99 Å². The lowest BCUT2D eigenvalue weighted by Crippen LogP contribution is -2.05. The molecule has 1 aliphatic heterocycles. The van der Waals surface area contributed by atoms with E-state index in [0.717, 1.165) is 21.6 Å². The molecular weight excluding hydrogens is 282 g/mol. The minimum atomic E-state index is -0.393. The molecule has 1 aromatic heterocycles. The first kappa shape index (κ1) is 13.8. The predicted molar refractivity (Wildman–Crippen MR) is 85.6 cm³/mol. The highest BCUT2D eigenvalue weighted by Gasteiger charge is 2.24. The molecule has 3 rings (SSSR count). The fourth-order valence-corrected chi connectivity index (χ4v) is 2.92. The van der Waals surface area contributed by atoms with E-state index in [9.17, 15) is 4.79 Å².